The maximum absolute atomic E-state index is 11.9. The molecule has 0 bridgehead atoms. The molecule has 102 valence electrons. The second-order valence-electron chi connectivity index (χ2n) is 4.09. The molecule has 2 amide bonds. The van der Waals surface area contributed by atoms with Gasteiger partial charge in [-0.15, -0.1) is 6.42 Å². The van der Waals surface area contributed by atoms with Crippen molar-refractivity contribution in [1.82, 2.24) is 4.90 Å². The van der Waals surface area contributed by atoms with E-state index in [1.165, 1.54) is 4.90 Å². The molecule has 0 heterocycles. The summed E-state index contributed by atoms with van der Waals surface area (Å²) < 4.78 is 5.27. The predicted molar refractivity (Wildman–Crippen MR) is 74.1 cm³/mol. The number of likely N-dealkylation sites (N-methyl/N-ethyl adjacent to an activating group) is 1. The van der Waals surface area contributed by atoms with Crippen molar-refractivity contribution in [3.8, 4) is 18.1 Å². The molecule has 0 saturated carbocycles. The number of amides is 2. The topological polar surface area (TPSA) is 61.8 Å². The highest BCUT2D eigenvalue weighted by Crippen LogP contribution is 2.17. The molecule has 0 saturated heterocycles. The number of rotatable bonds is 5. The first-order chi connectivity index (χ1) is 9.08. The van der Waals surface area contributed by atoms with Crippen LogP contribution in [0.1, 0.15) is 6.92 Å². The molecule has 1 atom stereocenters. The van der Waals surface area contributed by atoms with Gasteiger partial charge in [-0.25, -0.2) is 4.79 Å². The molecule has 5 heteroatoms. The quantitative estimate of drug-likeness (QED) is 0.791. The molecule has 1 rings (SSSR count). The molecular formula is C14H18N2O3. The van der Waals surface area contributed by atoms with Gasteiger partial charge in [-0.2, -0.15) is 0 Å². The molecule has 5 nitrogen and oxygen atoms in total. The Morgan fingerprint density at radius 2 is 2.37 bits per heavy atom. The van der Waals surface area contributed by atoms with Gasteiger partial charge in [0.1, 0.15) is 12.4 Å². The SMILES string of the molecule is C#CCOc1cccc(NC(=O)N(C)C(C)CO)c1. The Morgan fingerprint density at radius 1 is 1.63 bits per heavy atom. The van der Waals surface area contributed by atoms with Crippen LogP contribution in [0.15, 0.2) is 24.3 Å². The number of carbonyl (C=O) groups is 1. The van der Waals surface area contributed by atoms with Gasteiger partial charge in [-0.05, 0) is 19.1 Å². The third-order valence-corrected chi connectivity index (χ3v) is 2.65. The summed E-state index contributed by atoms with van der Waals surface area (Å²) in [6.07, 6.45) is 5.11. The van der Waals surface area contributed by atoms with Crippen LogP contribution in [-0.2, 0) is 0 Å². The van der Waals surface area contributed by atoms with E-state index in [-0.39, 0.29) is 25.3 Å². The molecule has 19 heavy (non-hydrogen) atoms. The van der Waals surface area contributed by atoms with Crippen LogP contribution in [0.4, 0.5) is 10.5 Å². The van der Waals surface area contributed by atoms with Gasteiger partial charge >= 0.3 is 6.03 Å². The lowest BCUT2D eigenvalue weighted by molar-refractivity contribution is 0.166. The largest absolute Gasteiger partial charge is 0.481 e. The molecule has 1 unspecified atom stereocenters. The van der Waals surface area contributed by atoms with E-state index in [0.29, 0.717) is 11.4 Å². The van der Waals surface area contributed by atoms with Gasteiger partial charge in [0, 0.05) is 18.8 Å². The van der Waals surface area contributed by atoms with Gasteiger partial charge in [-0.3, -0.25) is 0 Å². The van der Waals surface area contributed by atoms with Crippen molar-refractivity contribution in [2.24, 2.45) is 0 Å². The van der Waals surface area contributed by atoms with E-state index in [1.807, 2.05) is 0 Å². The van der Waals surface area contributed by atoms with E-state index in [0.717, 1.165) is 0 Å². The summed E-state index contributed by atoms with van der Waals surface area (Å²) in [4.78, 5) is 13.3. The first kappa shape index (κ1) is 14.9. The highest BCUT2D eigenvalue weighted by atomic mass is 16.5. The fourth-order valence-electron chi connectivity index (χ4n) is 1.32. The number of nitrogens with zero attached hydrogens (tertiary/aromatic N) is 1. The molecule has 0 aliphatic heterocycles. The highest BCUT2D eigenvalue weighted by Gasteiger charge is 2.14. The number of nitrogens with one attached hydrogen (secondary N) is 1. The summed E-state index contributed by atoms with van der Waals surface area (Å²) in [5.41, 5.74) is 0.608. The average molecular weight is 262 g/mol. The maximum atomic E-state index is 11.9. The van der Waals surface area contributed by atoms with Crippen LogP contribution in [-0.4, -0.2) is 42.3 Å². The fourth-order valence-corrected chi connectivity index (χ4v) is 1.32. The molecular weight excluding hydrogens is 244 g/mol. The van der Waals surface area contributed by atoms with Crippen LogP contribution in [0.2, 0.25) is 0 Å². The zero-order valence-electron chi connectivity index (χ0n) is 11.1. The first-order valence-corrected chi connectivity index (χ1v) is 5.89. The van der Waals surface area contributed by atoms with Crippen molar-refractivity contribution in [1.29, 1.82) is 0 Å². The Hall–Kier alpha value is -2.19. The van der Waals surface area contributed by atoms with Crippen LogP contribution in [0.5, 0.6) is 5.75 Å². The molecule has 1 aromatic rings. The Balaban J connectivity index is 2.66. The molecule has 1 aromatic carbocycles. The number of benzene rings is 1. The summed E-state index contributed by atoms with van der Waals surface area (Å²) >= 11 is 0. The number of carbonyl (C=O) groups excluding carboxylic acids is 1. The van der Waals surface area contributed by atoms with Crippen LogP contribution >= 0.6 is 0 Å². The predicted octanol–water partition coefficient (Wildman–Crippen LogP) is 1.54. The summed E-state index contributed by atoms with van der Waals surface area (Å²) in [7, 11) is 1.62. The molecule has 0 spiro atoms. The van der Waals surface area contributed by atoms with E-state index in [1.54, 1.807) is 38.2 Å². The minimum Gasteiger partial charge on any atom is -0.481 e. The second kappa shape index (κ2) is 7.29. The number of aliphatic hydroxyl groups excluding tert-OH is 1. The van der Waals surface area contributed by atoms with Crippen LogP contribution < -0.4 is 10.1 Å². The van der Waals surface area contributed by atoms with Gasteiger partial charge in [0.15, 0.2) is 0 Å². The van der Waals surface area contributed by atoms with Crippen LogP contribution in [0.25, 0.3) is 0 Å². The van der Waals surface area contributed by atoms with E-state index >= 15 is 0 Å². The number of terminal acetylenes is 1. The number of anilines is 1. The van der Waals surface area contributed by atoms with Crippen LogP contribution in [0, 0.1) is 12.3 Å². The third-order valence-electron chi connectivity index (χ3n) is 2.65. The molecule has 0 aromatic heterocycles. The zero-order chi connectivity index (χ0) is 14.3. The number of ether oxygens (including phenoxy) is 1. The molecule has 0 radical (unpaired) electrons. The number of aliphatic hydroxyl groups is 1. The van der Waals surface area contributed by atoms with Crippen LogP contribution in [0.3, 0.4) is 0 Å². The lowest BCUT2D eigenvalue weighted by Crippen LogP contribution is -2.40. The van der Waals surface area contributed by atoms with Gasteiger partial charge < -0.3 is 20.1 Å². The first-order valence-electron chi connectivity index (χ1n) is 5.89. The third kappa shape index (κ3) is 4.53. The smallest absolute Gasteiger partial charge is 0.321 e. The minimum absolute atomic E-state index is 0.0881. The molecule has 0 fully saturated rings. The fraction of sp³-hybridized carbons (Fsp3) is 0.357. The number of hydrogen-bond donors (Lipinski definition) is 2. The zero-order valence-corrected chi connectivity index (χ0v) is 11.1. The monoisotopic (exact) mass is 262 g/mol. The van der Waals surface area contributed by atoms with E-state index in [2.05, 4.69) is 11.2 Å². The molecule has 2 N–H and O–H groups in total. The van der Waals surface area contributed by atoms with Gasteiger partial charge in [0.25, 0.3) is 0 Å². The Labute approximate surface area is 113 Å². The minimum atomic E-state index is -0.296. The van der Waals surface area contributed by atoms with Gasteiger partial charge in [0.2, 0.25) is 0 Å². The van der Waals surface area contributed by atoms with Gasteiger partial charge in [-0.1, -0.05) is 12.0 Å². The van der Waals surface area contributed by atoms with Crippen molar-refractivity contribution in [2.45, 2.75) is 13.0 Å². The summed E-state index contributed by atoms with van der Waals surface area (Å²) in [6.45, 7) is 1.85. The van der Waals surface area contributed by atoms with Crippen molar-refractivity contribution >= 4 is 11.7 Å². The lowest BCUT2D eigenvalue weighted by Gasteiger charge is -2.23. The lowest BCUT2D eigenvalue weighted by atomic mass is 10.3. The van der Waals surface area contributed by atoms with E-state index < -0.39 is 0 Å². The second-order valence-corrected chi connectivity index (χ2v) is 4.09. The Morgan fingerprint density at radius 3 is 3.00 bits per heavy atom. The van der Waals surface area contributed by atoms with Crippen molar-refractivity contribution in [3.63, 3.8) is 0 Å². The number of urea groups is 1. The summed E-state index contributed by atoms with van der Waals surface area (Å²) in [5.74, 6) is 2.96. The van der Waals surface area contributed by atoms with Gasteiger partial charge in [0.05, 0.1) is 12.6 Å². The maximum Gasteiger partial charge on any atom is 0.321 e. The van der Waals surface area contributed by atoms with E-state index in [9.17, 15) is 4.79 Å². The van der Waals surface area contributed by atoms with Crippen molar-refractivity contribution < 1.29 is 14.6 Å². The summed E-state index contributed by atoms with van der Waals surface area (Å²) in [6, 6.07) is 6.41. The van der Waals surface area contributed by atoms with Crippen molar-refractivity contribution in [2.75, 3.05) is 25.6 Å². The van der Waals surface area contributed by atoms with Crippen molar-refractivity contribution in [3.05, 3.63) is 24.3 Å². The molecule has 0 aliphatic rings. The molecule has 0 aliphatic carbocycles. The number of hydrogen-bond acceptors (Lipinski definition) is 3. The summed E-state index contributed by atoms with van der Waals surface area (Å²) in [5, 5.41) is 11.7. The normalized spacial score (nSPS) is 11.3. The highest BCUT2D eigenvalue weighted by molar-refractivity contribution is 5.89. The Bertz CT molecular complexity index is 468. The standard InChI is InChI=1S/C14H18N2O3/c1-4-8-19-13-7-5-6-12(9-13)15-14(18)16(3)11(2)10-17/h1,5-7,9,11,17H,8,10H2,2-3H3,(H,15,18). The van der Waals surface area contributed by atoms with E-state index in [4.69, 9.17) is 16.3 Å². The average Bonchev–Trinajstić information content (AvgIpc) is 2.43. The Kier molecular flexibility index (Phi) is 5.71.